The second kappa shape index (κ2) is 10.1. The first-order valence-electron chi connectivity index (χ1n) is 9.70. The highest BCUT2D eigenvalue weighted by Crippen LogP contribution is 2.13. The van der Waals surface area contributed by atoms with Gasteiger partial charge >= 0.3 is 0 Å². The van der Waals surface area contributed by atoms with Crippen LogP contribution < -0.4 is 16.0 Å². The monoisotopic (exact) mass is 441 g/mol. The van der Waals surface area contributed by atoms with Crippen molar-refractivity contribution in [1.29, 1.82) is 0 Å². The van der Waals surface area contributed by atoms with Gasteiger partial charge in [0, 0.05) is 43.5 Å². The van der Waals surface area contributed by atoms with E-state index in [0.29, 0.717) is 31.6 Å². The summed E-state index contributed by atoms with van der Waals surface area (Å²) in [6, 6.07) is 13.0. The number of hydrogen-bond acceptors (Lipinski definition) is 6. The molecule has 0 saturated carbocycles. The Morgan fingerprint density at radius 3 is 2.55 bits per heavy atom. The third-order valence-electron chi connectivity index (χ3n) is 4.59. The second-order valence-corrected chi connectivity index (χ2v) is 8.48. The molecule has 0 aliphatic heterocycles. The van der Waals surface area contributed by atoms with E-state index in [1.165, 1.54) is 22.9 Å². The molecule has 0 fully saturated rings. The van der Waals surface area contributed by atoms with E-state index in [4.69, 9.17) is 5.14 Å². The summed E-state index contributed by atoms with van der Waals surface area (Å²) in [6.45, 7) is 0.748. The number of primary sulfonamides is 1. The first-order chi connectivity index (χ1) is 14.8. The number of nitrogens with one attached hydrogen (secondary N) is 1. The molecule has 0 bridgehead atoms. The smallest absolute Gasteiger partial charge is 0.266 e. The van der Waals surface area contributed by atoms with E-state index in [0.717, 1.165) is 11.1 Å². The van der Waals surface area contributed by atoms with Crippen LogP contribution in [0.3, 0.4) is 0 Å². The highest BCUT2D eigenvalue weighted by atomic mass is 32.2. The van der Waals surface area contributed by atoms with E-state index in [1.807, 2.05) is 6.07 Å². The van der Waals surface area contributed by atoms with Gasteiger partial charge < -0.3 is 5.32 Å². The number of rotatable bonds is 9. The maximum absolute atomic E-state index is 12.1. The number of sulfonamides is 1. The molecule has 0 spiro atoms. The van der Waals surface area contributed by atoms with Crippen molar-refractivity contribution in [3.63, 3.8) is 0 Å². The Morgan fingerprint density at radius 2 is 1.87 bits per heavy atom. The van der Waals surface area contributed by atoms with E-state index < -0.39 is 10.0 Å². The van der Waals surface area contributed by atoms with Crippen molar-refractivity contribution in [3.05, 3.63) is 76.8 Å². The van der Waals surface area contributed by atoms with Gasteiger partial charge in [0.2, 0.25) is 15.9 Å². The van der Waals surface area contributed by atoms with Gasteiger partial charge in [0.1, 0.15) is 0 Å². The fourth-order valence-corrected chi connectivity index (χ4v) is 3.46. The molecule has 3 rings (SSSR count). The van der Waals surface area contributed by atoms with E-state index in [-0.39, 0.29) is 22.8 Å². The Morgan fingerprint density at radius 1 is 1.10 bits per heavy atom. The van der Waals surface area contributed by atoms with Crippen LogP contribution in [0.15, 0.2) is 70.6 Å². The largest absolute Gasteiger partial charge is 0.356 e. The molecule has 0 atom stereocenters. The molecule has 3 aromatic rings. The molecule has 2 aromatic heterocycles. The summed E-state index contributed by atoms with van der Waals surface area (Å²) >= 11 is 0. The van der Waals surface area contributed by atoms with Crippen molar-refractivity contribution in [3.8, 4) is 11.3 Å². The number of pyridine rings is 1. The molecular weight excluding hydrogens is 418 g/mol. The number of aryl methyl sites for hydroxylation is 1. The molecule has 0 aliphatic carbocycles. The van der Waals surface area contributed by atoms with Gasteiger partial charge in [0.05, 0.1) is 10.6 Å². The summed E-state index contributed by atoms with van der Waals surface area (Å²) in [5.74, 6) is -0.127. The lowest BCUT2D eigenvalue weighted by Crippen LogP contribution is -2.27. The van der Waals surface area contributed by atoms with E-state index in [1.54, 1.807) is 36.7 Å². The Balaban J connectivity index is 1.45. The minimum absolute atomic E-state index is 0.0525. The molecule has 31 heavy (non-hydrogen) atoms. The summed E-state index contributed by atoms with van der Waals surface area (Å²) < 4.78 is 23.9. The number of amides is 1. The zero-order valence-corrected chi connectivity index (χ0v) is 17.6. The molecule has 10 heteroatoms. The zero-order valence-electron chi connectivity index (χ0n) is 16.8. The predicted molar refractivity (Wildman–Crippen MR) is 115 cm³/mol. The quantitative estimate of drug-likeness (QED) is 0.510. The Hall–Kier alpha value is -3.37. The summed E-state index contributed by atoms with van der Waals surface area (Å²) in [6.07, 6.45) is 4.63. The predicted octanol–water partition coefficient (Wildman–Crippen LogP) is 1.09. The molecule has 1 aromatic carbocycles. The Kier molecular flexibility index (Phi) is 7.27. The average Bonchev–Trinajstić information content (AvgIpc) is 2.75. The topological polar surface area (TPSA) is 137 Å². The molecule has 0 aliphatic rings. The van der Waals surface area contributed by atoms with Crippen LogP contribution in [-0.4, -0.2) is 35.6 Å². The maximum Gasteiger partial charge on any atom is 0.266 e. The minimum Gasteiger partial charge on any atom is -0.356 e. The van der Waals surface area contributed by atoms with Gasteiger partial charge in [-0.25, -0.2) is 18.2 Å². The van der Waals surface area contributed by atoms with Gasteiger partial charge in [-0.2, -0.15) is 5.10 Å². The van der Waals surface area contributed by atoms with Crippen LogP contribution >= 0.6 is 0 Å². The number of nitrogens with two attached hydrogens (primary N) is 1. The summed E-state index contributed by atoms with van der Waals surface area (Å²) in [4.78, 5) is 28.2. The summed E-state index contributed by atoms with van der Waals surface area (Å²) in [5.41, 5.74) is 2.11. The van der Waals surface area contributed by atoms with E-state index >= 15 is 0 Å². The Labute approximate surface area is 180 Å². The van der Waals surface area contributed by atoms with Crippen molar-refractivity contribution in [2.24, 2.45) is 5.14 Å². The van der Waals surface area contributed by atoms with Gasteiger partial charge in [0.15, 0.2) is 0 Å². The van der Waals surface area contributed by atoms with E-state index in [9.17, 15) is 18.0 Å². The molecular formula is C21H23N5O4S. The third kappa shape index (κ3) is 6.56. The first-order valence-corrected chi connectivity index (χ1v) is 11.2. The van der Waals surface area contributed by atoms with Gasteiger partial charge in [-0.15, -0.1) is 0 Å². The summed E-state index contributed by atoms with van der Waals surface area (Å²) in [5, 5.41) is 12.2. The number of carbonyl (C=O) groups excluding carboxylic acids is 1. The van der Waals surface area contributed by atoms with Gasteiger partial charge in [-0.1, -0.05) is 12.1 Å². The molecule has 162 valence electrons. The lowest BCUT2D eigenvalue weighted by atomic mass is 10.1. The van der Waals surface area contributed by atoms with Crippen molar-refractivity contribution < 1.29 is 13.2 Å². The minimum atomic E-state index is -3.71. The normalized spacial score (nSPS) is 11.3. The molecule has 9 nitrogen and oxygen atoms in total. The number of carbonyl (C=O) groups is 1. The lowest BCUT2D eigenvalue weighted by molar-refractivity contribution is -0.121. The lowest BCUT2D eigenvalue weighted by Gasteiger charge is -2.08. The highest BCUT2D eigenvalue weighted by molar-refractivity contribution is 7.89. The molecule has 0 unspecified atom stereocenters. The standard InChI is InChI=1S/C21H23N5O4S/c22-31(29,30)18-7-5-16(6-8-18)11-13-24-20(27)4-2-14-26-21(28)10-9-19(25-26)17-3-1-12-23-15-17/h1,3,5-10,12,15H,2,4,11,13-14H2,(H,24,27)(H2,22,29,30). The fraction of sp³-hybridized carbons (Fsp3) is 0.238. The van der Waals surface area contributed by atoms with Gasteiger partial charge in [-0.05, 0) is 48.7 Å². The average molecular weight is 442 g/mol. The fourth-order valence-electron chi connectivity index (χ4n) is 2.95. The van der Waals surface area contributed by atoms with Crippen LogP contribution in [-0.2, 0) is 27.8 Å². The number of hydrogen-bond donors (Lipinski definition) is 2. The van der Waals surface area contributed by atoms with Crippen molar-refractivity contribution >= 4 is 15.9 Å². The van der Waals surface area contributed by atoms with Crippen LogP contribution in [0.5, 0.6) is 0 Å². The molecule has 3 N–H and O–H groups in total. The highest BCUT2D eigenvalue weighted by Gasteiger charge is 2.08. The molecule has 1 amide bonds. The summed E-state index contributed by atoms with van der Waals surface area (Å²) in [7, 11) is -3.71. The van der Waals surface area contributed by atoms with Crippen LogP contribution in [0.4, 0.5) is 0 Å². The third-order valence-corrected chi connectivity index (χ3v) is 5.51. The molecule has 0 radical (unpaired) electrons. The van der Waals surface area contributed by atoms with Crippen LogP contribution in [0, 0.1) is 0 Å². The van der Waals surface area contributed by atoms with E-state index in [2.05, 4.69) is 15.4 Å². The first kappa shape index (κ1) is 22.3. The van der Waals surface area contributed by atoms with Crippen molar-refractivity contribution in [1.82, 2.24) is 20.1 Å². The molecule has 2 heterocycles. The number of nitrogens with zero attached hydrogens (tertiary/aromatic N) is 3. The van der Waals surface area contributed by atoms with Crippen LogP contribution in [0.1, 0.15) is 18.4 Å². The van der Waals surface area contributed by atoms with Crippen LogP contribution in [0.25, 0.3) is 11.3 Å². The van der Waals surface area contributed by atoms with Gasteiger partial charge in [-0.3, -0.25) is 14.6 Å². The van der Waals surface area contributed by atoms with Crippen LogP contribution in [0.2, 0.25) is 0 Å². The molecule has 0 saturated heterocycles. The maximum atomic E-state index is 12.1. The zero-order chi connectivity index (χ0) is 22.3. The Bertz CT molecular complexity index is 1190. The number of aromatic nitrogens is 3. The number of benzene rings is 1. The van der Waals surface area contributed by atoms with Gasteiger partial charge in [0.25, 0.3) is 5.56 Å². The SMILES string of the molecule is NS(=O)(=O)c1ccc(CCNC(=O)CCCn2nc(-c3cccnc3)ccc2=O)cc1. The van der Waals surface area contributed by atoms with Crippen molar-refractivity contribution in [2.45, 2.75) is 30.7 Å². The second-order valence-electron chi connectivity index (χ2n) is 6.91. The van der Waals surface area contributed by atoms with Crippen molar-refractivity contribution in [2.75, 3.05) is 6.54 Å².